The van der Waals surface area contributed by atoms with Crippen LogP contribution >= 0.6 is 27.7 Å². The van der Waals surface area contributed by atoms with Gasteiger partial charge in [-0.05, 0) is 49.3 Å². The topological polar surface area (TPSA) is 29.1 Å². The van der Waals surface area contributed by atoms with Crippen LogP contribution in [0.4, 0.5) is 5.69 Å². The molecule has 1 amide bonds. The fourth-order valence-electron chi connectivity index (χ4n) is 1.98. The summed E-state index contributed by atoms with van der Waals surface area (Å²) in [4.78, 5) is 12.0. The zero-order valence-corrected chi connectivity index (χ0v) is 12.2. The molecule has 1 aromatic carbocycles. The van der Waals surface area contributed by atoms with E-state index in [-0.39, 0.29) is 11.2 Å². The van der Waals surface area contributed by atoms with Crippen LogP contribution in [0.15, 0.2) is 22.7 Å². The molecule has 1 saturated heterocycles. The molecule has 0 bridgehead atoms. The third-order valence-electron chi connectivity index (χ3n) is 2.78. The Morgan fingerprint density at radius 3 is 2.88 bits per heavy atom. The second-order valence-electron chi connectivity index (χ2n) is 4.36. The fraction of sp³-hybridized carbons (Fsp3) is 0.462. The number of benzene rings is 1. The van der Waals surface area contributed by atoms with Crippen molar-refractivity contribution in [3.8, 4) is 0 Å². The lowest BCUT2D eigenvalue weighted by Gasteiger charge is -2.20. The van der Waals surface area contributed by atoms with Gasteiger partial charge < -0.3 is 5.32 Å². The Morgan fingerprint density at radius 1 is 1.41 bits per heavy atom. The van der Waals surface area contributed by atoms with Gasteiger partial charge in [0.2, 0.25) is 5.91 Å². The van der Waals surface area contributed by atoms with Crippen molar-refractivity contribution in [1.29, 1.82) is 0 Å². The van der Waals surface area contributed by atoms with Crippen molar-refractivity contribution in [3.05, 3.63) is 28.2 Å². The summed E-state index contributed by atoms with van der Waals surface area (Å²) in [6.07, 6.45) is 3.41. The highest BCUT2D eigenvalue weighted by atomic mass is 79.9. The maximum Gasteiger partial charge on any atom is 0.237 e. The minimum atomic E-state index is 0.128. The summed E-state index contributed by atoms with van der Waals surface area (Å²) in [7, 11) is 0. The molecule has 1 atom stereocenters. The monoisotopic (exact) mass is 313 g/mol. The van der Waals surface area contributed by atoms with Crippen LogP contribution in [0.25, 0.3) is 0 Å². The number of rotatable bonds is 2. The Morgan fingerprint density at radius 2 is 2.24 bits per heavy atom. The van der Waals surface area contributed by atoms with Gasteiger partial charge in [-0.2, -0.15) is 0 Å². The summed E-state index contributed by atoms with van der Waals surface area (Å²) in [5, 5.41) is 3.13. The van der Waals surface area contributed by atoms with Crippen LogP contribution in [0.1, 0.15) is 24.8 Å². The number of halogens is 1. The van der Waals surface area contributed by atoms with Gasteiger partial charge in [0.25, 0.3) is 0 Å². The number of hydrogen-bond acceptors (Lipinski definition) is 2. The standard InChI is InChI=1S/C13H16BrNOS/c1-9-6-10(14)8-11(7-9)15-13(16)12-4-2-3-5-17-12/h6-8,12H,2-5H2,1H3,(H,15,16). The minimum absolute atomic E-state index is 0.128. The number of hydrogen-bond donors (Lipinski definition) is 1. The van der Waals surface area contributed by atoms with E-state index >= 15 is 0 Å². The quantitative estimate of drug-likeness (QED) is 0.894. The smallest absolute Gasteiger partial charge is 0.237 e. The molecule has 0 aliphatic carbocycles. The van der Waals surface area contributed by atoms with E-state index in [0.29, 0.717) is 0 Å². The van der Waals surface area contributed by atoms with Crippen LogP contribution < -0.4 is 5.32 Å². The van der Waals surface area contributed by atoms with Crippen molar-refractivity contribution in [2.45, 2.75) is 31.4 Å². The van der Waals surface area contributed by atoms with Gasteiger partial charge in [0.15, 0.2) is 0 Å². The molecular weight excluding hydrogens is 298 g/mol. The molecule has 2 nitrogen and oxygen atoms in total. The average Bonchev–Trinajstić information content (AvgIpc) is 2.28. The summed E-state index contributed by atoms with van der Waals surface area (Å²) in [5.41, 5.74) is 2.03. The number of amides is 1. The Labute approximate surface area is 115 Å². The highest BCUT2D eigenvalue weighted by Crippen LogP contribution is 2.27. The maximum absolute atomic E-state index is 12.0. The van der Waals surface area contributed by atoms with Crippen molar-refractivity contribution in [2.75, 3.05) is 11.1 Å². The molecule has 92 valence electrons. The van der Waals surface area contributed by atoms with E-state index in [1.54, 1.807) is 11.8 Å². The Kier molecular flexibility index (Phi) is 4.51. The zero-order valence-electron chi connectivity index (χ0n) is 9.83. The first-order valence-electron chi connectivity index (χ1n) is 5.85. The molecule has 0 saturated carbocycles. The first-order chi connectivity index (χ1) is 8.15. The summed E-state index contributed by atoms with van der Waals surface area (Å²) in [6.45, 7) is 2.02. The molecule has 0 radical (unpaired) electrons. The predicted octanol–water partition coefficient (Wildman–Crippen LogP) is 3.98. The highest BCUT2D eigenvalue weighted by molar-refractivity contribution is 9.10. The van der Waals surface area contributed by atoms with Gasteiger partial charge in [-0.15, -0.1) is 11.8 Å². The third kappa shape index (κ3) is 3.75. The van der Waals surface area contributed by atoms with Gasteiger partial charge in [0, 0.05) is 10.2 Å². The molecule has 17 heavy (non-hydrogen) atoms. The second-order valence-corrected chi connectivity index (χ2v) is 6.59. The SMILES string of the molecule is Cc1cc(Br)cc(NC(=O)C2CCCCS2)c1. The molecule has 0 aromatic heterocycles. The number of nitrogens with one attached hydrogen (secondary N) is 1. The van der Waals surface area contributed by atoms with E-state index in [2.05, 4.69) is 21.2 Å². The van der Waals surface area contributed by atoms with Crippen molar-refractivity contribution in [2.24, 2.45) is 0 Å². The van der Waals surface area contributed by atoms with E-state index in [9.17, 15) is 4.79 Å². The fourth-order valence-corrected chi connectivity index (χ4v) is 3.79. The van der Waals surface area contributed by atoms with Crippen molar-refractivity contribution >= 4 is 39.3 Å². The van der Waals surface area contributed by atoms with Gasteiger partial charge in [-0.3, -0.25) is 4.79 Å². The number of aryl methyl sites for hydroxylation is 1. The number of carbonyl (C=O) groups excluding carboxylic acids is 1. The number of anilines is 1. The van der Waals surface area contributed by atoms with Gasteiger partial charge >= 0.3 is 0 Å². The maximum atomic E-state index is 12.0. The molecule has 0 spiro atoms. The predicted molar refractivity (Wildman–Crippen MR) is 77.6 cm³/mol. The lowest BCUT2D eigenvalue weighted by Crippen LogP contribution is -2.27. The highest BCUT2D eigenvalue weighted by Gasteiger charge is 2.21. The Balaban J connectivity index is 2.01. The molecule has 2 rings (SSSR count). The molecular formula is C13H16BrNOS. The summed E-state index contributed by atoms with van der Waals surface area (Å²) < 4.78 is 1.00. The Bertz CT molecular complexity index is 396. The molecule has 1 aliphatic rings. The molecule has 1 unspecified atom stereocenters. The normalized spacial score (nSPS) is 20.0. The van der Waals surface area contributed by atoms with E-state index in [4.69, 9.17) is 0 Å². The summed E-state index contributed by atoms with van der Waals surface area (Å²) in [6, 6.07) is 5.97. The van der Waals surface area contributed by atoms with E-state index < -0.39 is 0 Å². The number of carbonyl (C=O) groups is 1. The van der Waals surface area contributed by atoms with E-state index in [1.165, 1.54) is 12.8 Å². The minimum Gasteiger partial charge on any atom is -0.325 e. The van der Waals surface area contributed by atoms with Gasteiger partial charge in [0.05, 0.1) is 5.25 Å². The van der Waals surface area contributed by atoms with Gasteiger partial charge in [-0.1, -0.05) is 22.4 Å². The Hall–Kier alpha value is -0.480. The third-order valence-corrected chi connectivity index (χ3v) is 4.62. The van der Waals surface area contributed by atoms with Crippen molar-refractivity contribution < 1.29 is 4.79 Å². The van der Waals surface area contributed by atoms with Crippen LogP contribution in [0.3, 0.4) is 0 Å². The molecule has 4 heteroatoms. The van der Waals surface area contributed by atoms with Crippen molar-refractivity contribution in [3.63, 3.8) is 0 Å². The van der Waals surface area contributed by atoms with E-state index in [1.807, 2.05) is 25.1 Å². The average molecular weight is 314 g/mol. The number of thioether (sulfide) groups is 1. The van der Waals surface area contributed by atoms with Crippen LogP contribution in [0.5, 0.6) is 0 Å². The lowest BCUT2D eigenvalue weighted by atomic mass is 10.1. The first kappa shape index (κ1) is 13.0. The van der Waals surface area contributed by atoms with Crippen molar-refractivity contribution in [1.82, 2.24) is 0 Å². The molecule has 1 N–H and O–H groups in total. The summed E-state index contributed by atoms with van der Waals surface area (Å²) in [5.74, 6) is 1.25. The van der Waals surface area contributed by atoms with Crippen LogP contribution in [-0.4, -0.2) is 16.9 Å². The first-order valence-corrected chi connectivity index (χ1v) is 7.69. The molecule has 1 heterocycles. The molecule has 1 fully saturated rings. The van der Waals surface area contributed by atoms with Crippen LogP contribution in [0, 0.1) is 6.92 Å². The van der Waals surface area contributed by atoms with Crippen LogP contribution in [0.2, 0.25) is 0 Å². The largest absolute Gasteiger partial charge is 0.325 e. The summed E-state index contributed by atoms with van der Waals surface area (Å²) >= 11 is 5.22. The van der Waals surface area contributed by atoms with Gasteiger partial charge in [0.1, 0.15) is 0 Å². The van der Waals surface area contributed by atoms with Crippen LogP contribution in [-0.2, 0) is 4.79 Å². The lowest BCUT2D eigenvalue weighted by molar-refractivity contribution is -0.115. The van der Waals surface area contributed by atoms with E-state index in [0.717, 1.165) is 27.9 Å². The second kappa shape index (κ2) is 5.91. The van der Waals surface area contributed by atoms with Gasteiger partial charge in [-0.25, -0.2) is 0 Å². The molecule has 1 aromatic rings. The zero-order chi connectivity index (χ0) is 12.3. The molecule has 1 aliphatic heterocycles.